The third kappa shape index (κ3) is 7.78. The fourth-order valence-electron chi connectivity index (χ4n) is 1.23. The van der Waals surface area contributed by atoms with Gasteiger partial charge in [0, 0.05) is 19.0 Å². The molecule has 0 heterocycles. The van der Waals surface area contributed by atoms with Crippen molar-refractivity contribution in [3.05, 3.63) is 0 Å². The van der Waals surface area contributed by atoms with E-state index < -0.39 is 0 Å². The number of nitrogens with one attached hydrogen (secondary N) is 2. The maximum atomic E-state index is 11.3. The van der Waals surface area contributed by atoms with E-state index in [1.165, 1.54) is 0 Å². The summed E-state index contributed by atoms with van der Waals surface area (Å²) < 4.78 is 0. The first-order valence-electron chi connectivity index (χ1n) is 5.20. The first-order valence-corrected chi connectivity index (χ1v) is 5.20. The Morgan fingerprint density at radius 2 is 2.08 bits per heavy atom. The Morgan fingerprint density at radius 1 is 1.38 bits per heavy atom. The van der Waals surface area contributed by atoms with Gasteiger partial charge in [-0.15, -0.1) is 0 Å². The summed E-state index contributed by atoms with van der Waals surface area (Å²) in [6.45, 7) is 7.92. The minimum absolute atomic E-state index is 0.155. The van der Waals surface area contributed by atoms with Crippen molar-refractivity contribution in [2.75, 3.05) is 13.1 Å². The Hall–Kier alpha value is -0.570. The van der Waals surface area contributed by atoms with Gasteiger partial charge in [0.05, 0.1) is 0 Å². The van der Waals surface area contributed by atoms with Crippen molar-refractivity contribution >= 4 is 5.91 Å². The van der Waals surface area contributed by atoms with Gasteiger partial charge in [-0.1, -0.05) is 20.3 Å². The van der Waals surface area contributed by atoms with Crippen LogP contribution in [0.5, 0.6) is 0 Å². The number of rotatable bonds is 7. The predicted octanol–water partition coefficient (Wildman–Crippen LogP) is 1.29. The molecule has 78 valence electrons. The van der Waals surface area contributed by atoms with Gasteiger partial charge in [0.15, 0.2) is 0 Å². The van der Waals surface area contributed by atoms with E-state index in [1.54, 1.807) is 0 Å². The number of hydrogen-bond acceptors (Lipinski definition) is 2. The fraction of sp³-hybridized carbons (Fsp3) is 0.900. The zero-order chi connectivity index (χ0) is 10.1. The van der Waals surface area contributed by atoms with Gasteiger partial charge in [-0.05, 0) is 19.9 Å². The van der Waals surface area contributed by atoms with Crippen molar-refractivity contribution in [2.45, 2.75) is 46.1 Å². The molecule has 0 aliphatic heterocycles. The molecule has 0 bridgehead atoms. The largest absolute Gasteiger partial charge is 0.354 e. The first-order chi connectivity index (χ1) is 6.20. The van der Waals surface area contributed by atoms with Gasteiger partial charge in [0.25, 0.3) is 0 Å². The molecule has 3 nitrogen and oxygen atoms in total. The van der Waals surface area contributed by atoms with E-state index in [0.29, 0.717) is 12.5 Å². The Labute approximate surface area is 81.3 Å². The molecule has 0 aliphatic carbocycles. The molecule has 3 heteroatoms. The van der Waals surface area contributed by atoms with Gasteiger partial charge in [-0.3, -0.25) is 4.79 Å². The lowest BCUT2D eigenvalue weighted by atomic mass is 10.2. The lowest BCUT2D eigenvalue weighted by Crippen LogP contribution is -2.34. The summed E-state index contributed by atoms with van der Waals surface area (Å²) in [5.74, 6) is 0.155. The van der Waals surface area contributed by atoms with Crippen LogP contribution in [0.15, 0.2) is 0 Å². The van der Waals surface area contributed by atoms with Crippen molar-refractivity contribution in [1.29, 1.82) is 0 Å². The Bertz CT molecular complexity index is 137. The highest BCUT2D eigenvalue weighted by Gasteiger charge is 2.04. The summed E-state index contributed by atoms with van der Waals surface area (Å²) in [6.07, 6.45) is 2.77. The van der Waals surface area contributed by atoms with E-state index in [1.807, 2.05) is 6.92 Å². The van der Waals surface area contributed by atoms with E-state index in [9.17, 15) is 4.79 Å². The minimum atomic E-state index is 0.155. The van der Waals surface area contributed by atoms with Crippen LogP contribution in [0.3, 0.4) is 0 Å². The predicted molar refractivity (Wildman–Crippen MR) is 55.7 cm³/mol. The van der Waals surface area contributed by atoms with Crippen LogP contribution in [-0.4, -0.2) is 25.0 Å². The molecule has 0 radical (unpaired) electrons. The molecule has 0 aromatic heterocycles. The van der Waals surface area contributed by atoms with Crippen LogP contribution in [0, 0.1) is 0 Å². The van der Waals surface area contributed by atoms with E-state index >= 15 is 0 Å². The quantitative estimate of drug-likeness (QED) is 0.588. The van der Waals surface area contributed by atoms with Gasteiger partial charge in [-0.2, -0.15) is 0 Å². The fourth-order valence-corrected chi connectivity index (χ4v) is 1.23. The Balaban J connectivity index is 3.38. The van der Waals surface area contributed by atoms with Crippen LogP contribution >= 0.6 is 0 Å². The molecule has 0 fully saturated rings. The first kappa shape index (κ1) is 12.4. The summed E-state index contributed by atoms with van der Waals surface area (Å²) in [6, 6.07) is 0.319. The molecule has 0 rings (SSSR count). The van der Waals surface area contributed by atoms with E-state index in [-0.39, 0.29) is 5.91 Å². The third-order valence-electron chi connectivity index (χ3n) is 1.91. The number of hydrogen-bond donors (Lipinski definition) is 2. The minimum Gasteiger partial charge on any atom is -0.354 e. The molecule has 0 aromatic carbocycles. The molecule has 2 N–H and O–H groups in total. The highest BCUT2D eigenvalue weighted by molar-refractivity contribution is 5.76. The van der Waals surface area contributed by atoms with Crippen molar-refractivity contribution in [2.24, 2.45) is 0 Å². The van der Waals surface area contributed by atoms with Crippen molar-refractivity contribution < 1.29 is 4.79 Å². The number of amides is 1. The molecule has 1 amide bonds. The van der Waals surface area contributed by atoms with Gasteiger partial charge in [0.2, 0.25) is 5.91 Å². The maximum Gasteiger partial charge on any atom is 0.221 e. The molecule has 0 saturated carbocycles. The summed E-state index contributed by atoms with van der Waals surface area (Å²) in [7, 11) is 0. The summed E-state index contributed by atoms with van der Waals surface area (Å²) in [5.41, 5.74) is 0. The molecule has 0 aromatic rings. The van der Waals surface area contributed by atoms with Crippen LogP contribution in [-0.2, 0) is 4.79 Å². The third-order valence-corrected chi connectivity index (χ3v) is 1.91. The highest BCUT2D eigenvalue weighted by atomic mass is 16.1. The molecule has 0 aliphatic rings. The van der Waals surface area contributed by atoms with Gasteiger partial charge in [0.1, 0.15) is 0 Å². The molecule has 13 heavy (non-hydrogen) atoms. The number of carbonyl (C=O) groups is 1. The molecule has 0 saturated heterocycles. The second-order valence-electron chi connectivity index (χ2n) is 3.36. The van der Waals surface area contributed by atoms with Crippen molar-refractivity contribution in [3.63, 3.8) is 0 Å². The van der Waals surface area contributed by atoms with E-state index in [4.69, 9.17) is 0 Å². The second-order valence-corrected chi connectivity index (χ2v) is 3.36. The molecular formula is C10H22N2O. The Morgan fingerprint density at radius 3 is 2.62 bits per heavy atom. The van der Waals surface area contributed by atoms with Gasteiger partial charge < -0.3 is 10.6 Å². The van der Waals surface area contributed by atoms with Gasteiger partial charge >= 0.3 is 0 Å². The molecular weight excluding hydrogens is 164 g/mol. The zero-order valence-electron chi connectivity index (χ0n) is 9.02. The summed E-state index contributed by atoms with van der Waals surface area (Å²) in [5, 5.41) is 6.08. The SMILES string of the molecule is CCCC(C)NC(=O)CCNCC. The smallest absolute Gasteiger partial charge is 0.221 e. The standard InChI is InChI=1S/C10H22N2O/c1-4-6-9(3)12-10(13)7-8-11-5-2/h9,11H,4-8H2,1-3H3,(H,12,13). The zero-order valence-corrected chi connectivity index (χ0v) is 9.02. The van der Waals surface area contributed by atoms with Crippen LogP contribution in [0.1, 0.15) is 40.0 Å². The molecule has 0 spiro atoms. The monoisotopic (exact) mass is 186 g/mol. The Kier molecular flexibility index (Phi) is 7.69. The summed E-state index contributed by atoms with van der Waals surface area (Å²) >= 11 is 0. The van der Waals surface area contributed by atoms with E-state index in [2.05, 4.69) is 24.5 Å². The molecule has 1 unspecified atom stereocenters. The van der Waals surface area contributed by atoms with Crippen molar-refractivity contribution in [3.8, 4) is 0 Å². The van der Waals surface area contributed by atoms with Crippen LogP contribution in [0.2, 0.25) is 0 Å². The number of carbonyl (C=O) groups excluding carboxylic acids is 1. The van der Waals surface area contributed by atoms with Crippen LogP contribution in [0.25, 0.3) is 0 Å². The van der Waals surface area contributed by atoms with Gasteiger partial charge in [-0.25, -0.2) is 0 Å². The van der Waals surface area contributed by atoms with Crippen LogP contribution in [0.4, 0.5) is 0 Å². The summed E-state index contributed by atoms with van der Waals surface area (Å²) in [4.78, 5) is 11.3. The average Bonchev–Trinajstić information content (AvgIpc) is 2.05. The highest BCUT2D eigenvalue weighted by Crippen LogP contribution is 1.94. The van der Waals surface area contributed by atoms with E-state index in [0.717, 1.165) is 25.9 Å². The lowest BCUT2D eigenvalue weighted by molar-refractivity contribution is -0.121. The average molecular weight is 186 g/mol. The van der Waals surface area contributed by atoms with Crippen LogP contribution < -0.4 is 10.6 Å². The topological polar surface area (TPSA) is 41.1 Å². The normalized spacial score (nSPS) is 12.5. The second kappa shape index (κ2) is 8.05. The maximum absolute atomic E-state index is 11.3. The molecule has 1 atom stereocenters. The van der Waals surface area contributed by atoms with Crippen molar-refractivity contribution in [1.82, 2.24) is 10.6 Å². The lowest BCUT2D eigenvalue weighted by Gasteiger charge is -2.12.